The van der Waals surface area contributed by atoms with E-state index in [9.17, 15) is 8.42 Å². The molecule has 1 aliphatic rings. The first-order valence-corrected chi connectivity index (χ1v) is 8.90. The Morgan fingerprint density at radius 2 is 1.81 bits per heavy atom. The number of hydrogen-bond acceptors (Lipinski definition) is 4. The number of benzene rings is 1. The van der Waals surface area contributed by atoms with E-state index in [0.717, 1.165) is 25.1 Å². The molecule has 5 nitrogen and oxygen atoms in total. The van der Waals surface area contributed by atoms with Crippen molar-refractivity contribution in [3.63, 3.8) is 0 Å². The molecule has 0 saturated carbocycles. The topological polar surface area (TPSA) is 66.6 Å². The van der Waals surface area contributed by atoms with E-state index in [-0.39, 0.29) is 0 Å². The van der Waals surface area contributed by atoms with Crippen LogP contribution >= 0.6 is 0 Å². The van der Waals surface area contributed by atoms with Gasteiger partial charge in [0.25, 0.3) is 0 Å². The summed E-state index contributed by atoms with van der Waals surface area (Å²) >= 11 is 0. The maximum absolute atomic E-state index is 12.7. The molecule has 2 rings (SSSR count). The van der Waals surface area contributed by atoms with Gasteiger partial charge in [0.15, 0.2) is 0 Å². The molecule has 1 aliphatic heterocycles. The van der Waals surface area contributed by atoms with E-state index in [0.29, 0.717) is 29.7 Å². The van der Waals surface area contributed by atoms with Crippen LogP contribution in [0.2, 0.25) is 0 Å². The van der Waals surface area contributed by atoms with Crippen LogP contribution in [0.5, 0.6) is 0 Å². The van der Waals surface area contributed by atoms with Crippen LogP contribution < -0.4 is 5.73 Å². The second-order valence-corrected chi connectivity index (χ2v) is 7.71. The molecular weight excluding hydrogens is 286 g/mol. The summed E-state index contributed by atoms with van der Waals surface area (Å²) in [6, 6.07) is 5.51. The molecule has 1 fully saturated rings. The SMILES string of the molecule is CCC(C)N1CCN(S(=O)(=O)c2cc(C)cc(N)c2)CC1. The molecular formula is C15H25N3O2S. The quantitative estimate of drug-likeness (QED) is 0.859. The first-order valence-electron chi connectivity index (χ1n) is 7.46. The monoisotopic (exact) mass is 311 g/mol. The molecule has 0 spiro atoms. The lowest BCUT2D eigenvalue weighted by Gasteiger charge is -2.37. The molecule has 0 amide bonds. The summed E-state index contributed by atoms with van der Waals surface area (Å²) in [5, 5.41) is 0. The number of nitrogens with zero attached hydrogens (tertiary/aromatic N) is 2. The number of piperazine rings is 1. The minimum Gasteiger partial charge on any atom is -0.399 e. The van der Waals surface area contributed by atoms with Gasteiger partial charge in [0.1, 0.15) is 0 Å². The van der Waals surface area contributed by atoms with Gasteiger partial charge in [-0.15, -0.1) is 0 Å². The molecule has 1 saturated heterocycles. The lowest BCUT2D eigenvalue weighted by molar-refractivity contribution is 0.142. The van der Waals surface area contributed by atoms with Crippen molar-refractivity contribution < 1.29 is 8.42 Å². The highest BCUT2D eigenvalue weighted by molar-refractivity contribution is 7.89. The van der Waals surface area contributed by atoms with Gasteiger partial charge in [0.05, 0.1) is 4.90 Å². The van der Waals surface area contributed by atoms with Crippen LogP contribution in [0.4, 0.5) is 5.69 Å². The Kier molecular flexibility index (Phi) is 4.91. The van der Waals surface area contributed by atoms with Gasteiger partial charge in [-0.25, -0.2) is 8.42 Å². The fraction of sp³-hybridized carbons (Fsp3) is 0.600. The number of sulfonamides is 1. The van der Waals surface area contributed by atoms with Crippen molar-refractivity contribution in [1.29, 1.82) is 0 Å². The molecule has 1 aromatic carbocycles. The van der Waals surface area contributed by atoms with E-state index in [2.05, 4.69) is 18.7 Å². The van der Waals surface area contributed by atoms with Gasteiger partial charge in [-0.2, -0.15) is 4.31 Å². The summed E-state index contributed by atoms with van der Waals surface area (Å²) in [5.41, 5.74) is 7.13. The number of nitrogen functional groups attached to an aromatic ring is 1. The summed E-state index contributed by atoms with van der Waals surface area (Å²) < 4.78 is 26.9. The van der Waals surface area contributed by atoms with Gasteiger partial charge in [-0.1, -0.05) is 6.92 Å². The average molecular weight is 311 g/mol. The first-order chi connectivity index (χ1) is 9.84. The predicted octanol–water partition coefficient (Wildman–Crippen LogP) is 1.68. The molecule has 118 valence electrons. The van der Waals surface area contributed by atoms with Crippen molar-refractivity contribution in [2.75, 3.05) is 31.9 Å². The minimum atomic E-state index is -3.44. The molecule has 0 radical (unpaired) electrons. The first kappa shape index (κ1) is 16.3. The summed E-state index contributed by atoms with van der Waals surface area (Å²) in [4.78, 5) is 2.65. The summed E-state index contributed by atoms with van der Waals surface area (Å²) in [6.07, 6.45) is 1.08. The van der Waals surface area contributed by atoms with Crippen molar-refractivity contribution in [1.82, 2.24) is 9.21 Å². The van der Waals surface area contributed by atoms with Crippen molar-refractivity contribution in [2.45, 2.75) is 38.1 Å². The van der Waals surface area contributed by atoms with Gasteiger partial charge >= 0.3 is 0 Å². The Labute approximate surface area is 127 Å². The highest BCUT2D eigenvalue weighted by Gasteiger charge is 2.29. The Morgan fingerprint density at radius 3 is 2.33 bits per heavy atom. The summed E-state index contributed by atoms with van der Waals surface area (Å²) in [6.45, 7) is 8.86. The molecule has 1 unspecified atom stereocenters. The van der Waals surface area contributed by atoms with E-state index in [1.54, 1.807) is 22.5 Å². The predicted molar refractivity (Wildman–Crippen MR) is 85.7 cm³/mol. The molecule has 1 heterocycles. The maximum Gasteiger partial charge on any atom is 0.243 e. The van der Waals surface area contributed by atoms with E-state index >= 15 is 0 Å². The average Bonchev–Trinajstić information content (AvgIpc) is 2.45. The van der Waals surface area contributed by atoms with Crippen molar-refractivity contribution in [2.24, 2.45) is 0 Å². The van der Waals surface area contributed by atoms with Crippen LogP contribution in [0.15, 0.2) is 23.1 Å². The largest absolute Gasteiger partial charge is 0.399 e. The molecule has 1 atom stereocenters. The fourth-order valence-corrected chi connectivity index (χ4v) is 4.28. The fourth-order valence-electron chi connectivity index (χ4n) is 2.72. The van der Waals surface area contributed by atoms with Crippen LogP contribution in [0, 0.1) is 6.92 Å². The number of nitrogens with two attached hydrogens (primary N) is 1. The molecule has 1 aromatic rings. The zero-order valence-electron chi connectivity index (χ0n) is 13.0. The normalized spacial score (nSPS) is 19.6. The number of anilines is 1. The number of rotatable bonds is 4. The van der Waals surface area contributed by atoms with Gasteiger partial charge in [-0.05, 0) is 44.0 Å². The minimum absolute atomic E-state index is 0.303. The zero-order chi connectivity index (χ0) is 15.6. The van der Waals surface area contributed by atoms with Crippen LogP contribution in [-0.4, -0.2) is 49.8 Å². The Bertz CT molecular complexity index is 573. The lowest BCUT2D eigenvalue weighted by atomic mass is 10.2. The maximum atomic E-state index is 12.7. The van der Waals surface area contributed by atoms with Crippen molar-refractivity contribution in [3.8, 4) is 0 Å². The van der Waals surface area contributed by atoms with Gasteiger partial charge in [-0.3, -0.25) is 4.90 Å². The van der Waals surface area contributed by atoms with Crippen molar-refractivity contribution in [3.05, 3.63) is 23.8 Å². The zero-order valence-corrected chi connectivity index (χ0v) is 13.9. The Hall–Kier alpha value is -1.11. The smallest absolute Gasteiger partial charge is 0.243 e. The number of aryl methyl sites for hydroxylation is 1. The van der Waals surface area contributed by atoms with Gasteiger partial charge in [0, 0.05) is 37.9 Å². The Morgan fingerprint density at radius 1 is 1.19 bits per heavy atom. The second-order valence-electron chi connectivity index (χ2n) is 5.78. The summed E-state index contributed by atoms with van der Waals surface area (Å²) in [5.74, 6) is 0. The third-order valence-electron chi connectivity index (χ3n) is 4.20. The molecule has 0 aliphatic carbocycles. The Balaban J connectivity index is 2.15. The van der Waals surface area contributed by atoms with E-state index in [1.165, 1.54) is 0 Å². The molecule has 0 bridgehead atoms. The third-order valence-corrected chi connectivity index (χ3v) is 6.07. The lowest BCUT2D eigenvalue weighted by Crippen LogP contribution is -2.51. The van der Waals surface area contributed by atoms with Crippen LogP contribution in [-0.2, 0) is 10.0 Å². The van der Waals surface area contributed by atoms with Crippen LogP contribution in [0.1, 0.15) is 25.8 Å². The van der Waals surface area contributed by atoms with E-state index in [4.69, 9.17) is 5.73 Å². The standard InChI is InChI=1S/C15H25N3O2S/c1-4-13(3)17-5-7-18(8-6-17)21(19,20)15-10-12(2)9-14(16)11-15/h9-11,13H,4-8,16H2,1-3H3. The highest BCUT2D eigenvalue weighted by atomic mass is 32.2. The van der Waals surface area contributed by atoms with Gasteiger partial charge in [0.2, 0.25) is 10.0 Å². The van der Waals surface area contributed by atoms with Crippen molar-refractivity contribution >= 4 is 15.7 Å². The summed E-state index contributed by atoms with van der Waals surface area (Å²) in [7, 11) is -3.44. The third kappa shape index (κ3) is 3.56. The van der Waals surface area contributed by atoms with Gasteiger partial charge < -0.3 is 5.73 Å². The molecule has 21 heavy (non-hydrogen) atoms. The highest BCUT2D eigenvalue weighted by Crippen LogP contribution is 2.22. The van der Waals surface area contributed by atoms with E-state index < -0.39 is 10.0 Å². The second kappa shape index (κ2) is 6.34. The van der Waals surface area contributed by atoms with Crippen LogP contribution in [0.3, 0.4) is 0 Å². The molecule has 2 N–H and O–H groups in total. The molecule has 6 heteroatoms. The van der Waals surface area contributed by atoms with E-state index in [1.807, 2.05) is 6.92 Å². The van der Waals surface area contributed by atoms with Crippen LogP contribution in [0.25, 0.3) is 0 Å². The number of hydrogen-bond donors (Lipinski definition) is 1. The molecule has 0 aromatic heterocycles.